The molecule has 0 spiro atoms. The minimum Gasteiger partial charge on any atom is -0.491 e. The van der Waals surface area contributed by atoms with Crippen LogP contribution in [0.4, 0.5) is 13.2 Å². The van der Waals surface area contributed by atoms with Crippen molar-refractivity contribution in [2.75, 3.05) is 26.2 Å². The van der Waals surface area contributed by atoms with Crippen LogP contribution in [0.25, 0.3) is 5.57 Å². The molecular formula is C21H21ClF3N5O3. The minimum absolute atomic E-state index is 0.0509. The van der Waals surface area contributed by atoms with Gasteiger partial charge < -0.3 is 20.7 Å². The van der Waals surface area contributed by atoms with Crippen LogP contribution in [0.2, 0.25) is 5.02 Å². The maximum Gasteiger partial charge on any atom is 0.315 e. The molecule has 2 heterocycles. The molecule has 1 aromatic heterocycles. The van der Waals surface area contributed by atoms with Gasteiger partial charge in [-0.2, -0.15) is 8.78 Å². The Balaban J connectivity index is 1.73. The molecule has 12 heteroatoms. The second-order valence-electron chi connectivity index (χ2n) is 7.28. The van der Waals surface area contributed by atoms with E-state index in [-0.39, 0.29) is 37.6 Å². The number of hydrogen-bond donors (Lipinski definition) is 2. The van der Waals surface area contributed by atoms with Gasteiger partial charge in [-0.3, -0.25) is 9.59 Å². The van der Waals surface area contributed by atoms with E-state index >= 15 is 0 Å². The number of rotatable bonds is 7. The van der Waals surface area contributed by atoms with Crippen LogP contribution in [-0.2, 0) is 4.79 Å². The standard InChI is InChI=1S/C21H21ClF3N5O3/c1-10-17(22)11(2)29-19(28-10)14-8-30(9-15(14)26)21(32)13-4-3-12(23)7-16(13)33-6-5-27-20(31)18(24)25/h3-4,7,18H,5-6,8-9,26H2,1-2H3,(H,27,31). The maximum absolute atomic E-state index is 13.8. The Labute approximate surface area is 192 Å². The molecule has 0 unspecified atom stereocenters. The normalized spacial score (nSPS) is 13.6. The zero-order chi connectivity index (χ0) is 24.3. The molecule has 3 N–H and O–H groups in total. The number of nitrogens with zero attached hydrogens (tertiary/aromatic N) is 3. The van der Waals surface area contributed by atoms with Gasteiger partial charge in [0.1, 0.15) is 18.2 Å². The summed E-state index contributed by atoms with van der Waals surface area (Å²) in [6.07, 6.45) is -3.16. The highest BCUT2D eigenvalue weighted by Gasteiger charge is 2.29. The van der Waals surface area contributed by atoms with Crippen molar-refractivity contribution in [1.82, 2.24) is 20.2 Å². The summed E-state index contributed by atoms with van der Waals surface area (Å²) in [6, 6.07) is 3.36. The fourth-order valence-electron chi connectivity index (χ4n) is 3.22. The fraction of sp³-hybridized carbons (Fsp3) is 0.333. The van der Waals surface area contributed by atoms with Crippen LogP contribution in [0.3, 0.4) is 0 Å². The molecule has 3 rings (SSSR count). The Morgan fingerprint density at radius 1 is 1.24 bits per heavy atom. The molecule has 0 saturated carbocycles. The molecular weight excluding hydrogens is 463 g/mol. The minimum atomic E-state index is -3.16. The van der Waals surface area contributed by atoms with E-state index in [1.807, 2.05) is 5.32 Å². The number of nitrogens with two attached hydrogens (primary N) is 1. The Kier molecular flexibility index (Phi) is 7.42. The van der Waals surface area contributed by atoms with Crippen LogP contribution >= 0.6 is 11.6 Å². The average Bonchev–Trinajstić information content (AvgIpc) is 3.15. The smallest absolute Gasteiger partial charge is 0.315 e. The molecule has 2 amide bonds. The molecule has 0 radical (unpaired) electrons. The van der Waals surface area contributed by atoms with Gasteiger partial charge in [-0.1, -0.05) is 11.6 Å². The summed E-state index contributed by atoms with van der Waals surface area (Å²) in [5, 5.41) is 2.41. The molecule has 1 aliphatic heterocycles. The molecule has 8 nitrogen and oxygen atoms in total. The number of carbonyl (C=O) groups excluding carboxylic acids is 2. The molecule has 0 aliphatic carbocycles. The summed E-state index contributed by atoms with van der Waals surface area (Å²) in [5.41, 5.74) is 8.34. The molecule has 0 bridgehead atoms. The monoisotopic (exact) mass is 483 g/mol. The lowest BCUT2D eigenvalue weighted by atomic mass is 10.1. The number of ether oxygens (including phenoxy) is 1. The van der Waals surface area contributed by atoms with Crippen molar-refractivity contribution in [2.45, 2.75) is 20.3 Å². The molecule has 0 fully saturated rings. The first-order chi connectivity index (χ1) is 15.6. The average molecular weight is 484 g/mol. The van der Waals surface area contributed by atoms with Gasteiger partial charge in [0.2, 0.25) is 0 Å². The van der Waals surface area contributed by atoms with Gasteiger partial charge in [0.25, 0.3) is 11.8 Å². The summed E-state index contributed by atoms with van der Waals surface area (Å²) in [6.45, 7) is 3.20. The third-order valence-corrected chi connectivity index (χ3v) is 5.42. The quantitative estimate of drug-likeness (QED) is 0.585. The van der Waals surface area contributed by atoms with E-state index in [2.05, 4.69) is 9.97 Å². The van der Waals surface area contributed by atoms with Gasteiger partial charge in [0, 0.05) is 17.3 Å². The molecule has 1 aliphatic rings. The summed E-state index contributed by atoms with van der Waals surface area (Å²) in [7, 11) is 0. The zero-order valence-electron chi connectivity index (χ0n) is 17.8. The van der Waals surface area contributed by atoms with Crippen molar-refractivity contribution in [2.24, 2.45) is 5.73 Å². The molecule has 0 atom stereocenters. The SMILES string of the molecule is Cc1nc(C2=C(N)CN(C(=O)c3ccc(F)cc3OCCNC(=O)C(F)F)C2)nc(C)c1Cl. The van der Waals surface area contributed by atoms with Gasteiger partial charge in [-0.15, -0.1) is 0 Å². The summed E-state index contributed by atoms with van der Waals surface area (Å²) < 4.78 is 43.6. The summed E-state index contributed by atoms with van der Waals surface area (Å²) >= 11 is 6.13. The van der Waals surface area contributed by atoms with Crippen LogP contribution in [0, 0.1) is 19.7 Å². The molecule has 176 valence electrons. The van der Waals surface area contributed by atoms with Crippen LogP contribution in [0.5, 0.6) is 5.75 Å². The number of aryl methyl sites for hydroxylation is 2. The number of aromatic nitrogens is 2. The number of alkyl halides is 2. The Bertz CT molecular complexity index is 1100. The van der Waals surface area contributed by atoms with E-state index in [0.717, 1.165) is 12.1 Å². The van der Waals surface area contributed by atoms with Crippen molar-refractivity contribution in [3.63, 3.8) is 0 Å². The maximum atomic E-state index is 13.8. The van der Waals surface area contributed by atoms with Gasteiger partial charge in [0.15, 0.2) is 5.82 Å². The zero-order valence-corrected chi connectivity index (χ0v) is 18.5. The van der Waals surface area contributed by atoms with Crippen molar-refractivity contribution in [3.05, 3.63) is 57.5 Å². The van der Waals surface area contributed by atoms with E-state index < -0.39 is 24.1 Å². The topological polar surface area (TPSA) is 110 Å². The third kappa shape index (κ3) is 5.54. The van der Waals surface area contributed by atoms with Crippen LogP contribution in [0.1, 0.15) is 27.6 Å². The third-order valence-electron chi connectivity index (χ3n) is 4.87. The number of hydrogen-bond acceptors (Lipinski definition) is 6. The van der Waals surface area contributed by atoms with E-state index in [0.29, 0.717) is 33.5 Å². The molecule has 33 heavy (non-hydrogen) atoms. The van der Waals surface area contributed by atoms with Crippen LogP contribution < -0.4 is 15.8 Å². The summed E-state index contributed by atoms with van der Waals surface area (Å²) in [5.74, 6) is -2.31. The van der Waals surface area contributed by atoms with E-state index in [4.69, 9.17) is 22.1 Å². The Morgan fingerprint density at radius 3 is 2.55 bits per heavy atom. The van der Waals surface area contributed by atoms with Crippen molar-refractivity contribution >= 4 is 29.0 Å². The van der Waals surface area contributed by atoms with E-state index in [1.165, 1.54) is 11.0 Å². The van der Waals surface area contributed by atoms with E-state index in [9.17, 15) is 22.8 Å². The first-order valence-electron chi connectivity index (χ1n) is 9.84. The molecule has 2 aromatic rings. The van der Waals surface area contributed by atoms with E-state index in [1.54, 1.807) is 13.8 Å². The Morgan fingerprint density at radius 2 is 1.91 bits per heavy atom. The lowest BCUT2D eigenvalue weighted by Gasteiger charge is -2.19. The number of benzene rings is 1. The highest BCUT2D eigenvalue weighted by atomic mass is 35.5. The van der Waals surface area contributed by atoms with Crippen molar-refractivity contribution < 1.29 is 27.5 Å². The van der Waals surface area contributed by atoms with Gasteiger partial charge in [0.05, 0.1) is 41.6 Å². The number of nitrogens with one attached hydrogen (secondary N) is 1. The predicted octanol–water partition coefficient (Wildman–Crippen LogP) is 2.47. The van der Waals surface area contributed by atoms with Gasteiger partial charge in [-0.25, -0.2) is 14.4 Å². The largest absolute Gasteiger partial charge is 0.491 e. The number of carbonyl (C=O) groups is 2. The van der Waals surface area contributed by atoms with Crippen LogP contribution in [0.15, 0.2) is 23.9 Å². The van der Waals surface area contributed by atoms with Crippen molar-refractivity contribution in [1.29, 1.82) is 0 Å². The summed E-state index contributed by atoms with van der Waals surface area (Å²) in [4.78, 5) is 34.2. The van der Waals surface area contributed by atoms with Gasteiger partial charge in [-0.05, 0) is 26.0 Å². The second-order valence-corrected chi connectivity index (χ2v) is 7.66. The number of amides is 2. The number of halogens is 4. The predicted molar refractivity (Wildman–Crippen MR) is 114 cm³/mol. The van der Waals surface area contributed by atoms with Gasteiger partial charge >= 0.3 is 6.43 Å². The first-order valence-corrected chi connectivity index (χ1v) is 10.2. The second kappa shape index (κ2) is 10.1. The highest BCUT2D eigenvalue weighted by Crippen LogP contribution is 2.28. The first kappa shape index (κ1) is 24.3. The Hall–Kier alpha value is -3.34. The molecule has 1 aromatic carbocycles. The molecule has 0 saturated heterocycles. The van der Waals surface area contributed by atoms with Crippen molar-refractivity contribution in [3.8, 4) is 5.75 Å². The highest BCUT2D eigenvalue weighted by molar-refractivity contribution is 6.31. The lowest BCUT2D eigenvalue weighted by molar-refractivity contribution is -0.131. The fourth-order valence-corrected chi connectivity index (χ4v) is 3.30. The lowest BCUT2D eigenvalue weighted by Crippen LogP contribution is -2.33. The van der Waals surface area contributed by atoms with Crippen LogP contribution in [-0.4, -0.2) is 59.3 Å².